The SMILES string of the molecule is FC(F)Oc1ccccc1[C@@H]1Oc2ccccc2[C@H]2CC(c3ccc(-c4ccccc4)cc3)=NN21. The van der Waals surface area contributed by atoms with Crippen molar-refractivity contribution in [2.45, 2.75) is 25.3 Å². The number of fused-ring (bicyclic) bond motifs is 3. The molecule has 35 heavy (non-hydrogen) atoms. The highest BCUT2D eigenvalue weighted by Gasteiger charge is 2.42. The summed E-state index contributed by atoms with van der Waals surface area (Å²) in [5.74, 6) is 0.808. The second-order valence-electron chi connectivity index (χ2n) is 8.51. The number of halogens is 2. The number of rotatable bonds is 5. The predicted octanol–water partition coefficient (Wildman–Crippen LogP) is 7.20. The van der Waals surface area contributed by atoms with Gasteiger partial charge in [0.15, 0.2) is 0 Å². The molecule has 0 saturated heterocycles. The highest BCUT2D eigenvalue weighted by molar-refractivity contribution is 6.02. The molecule has 174 valence electrons. The van der Waals surface area contributed by atoms with Crippen molar-refractivity contribution in [1.29, 1.82) is 0 Å². The maximum atomic E-state index is 13.1. The Morgan fingerprint density at radius 2 is 1.37 bits per heavy atom. The van der Waals surface area contributed by atoms with E-state index >= 15 is 0 Å². The van der Waals surface area contributed by atoms with Gasteiger partial charge in [-0.2, -0.15) is 13.9 Å². The van der Waals surface area contributed by atoms with E-state index in [9.17, 15) is 8.78 Å². The summed E-state index contributed by atoms with van der Waals surface area (Å²) in [6.07, 6.45) is -0.00895. The number of ether oxygens (including phenoxy) is 2. The van der Waals surface area contributed by atoms with E-state index in [0.29, 0.717) is 12.0 Å². The molecule has 0 bridgehead atoms. The van der Waals surface area contributed by atoms with Gasteiger partial charge in [0.25, 0.3) is 0 Å². The molecule has 2 aliphatic rings. The van der Waals surface area contributed by atoms with Gasteiger partial charge in [-0.05, 0) is 34.9 Å². The van der Waals surface area contributed by atoms with Crippen LogP contribution < -0.4 is 9.47 Å². The summed E-state index contributed by atoms with van der Waals surface area (Å²) >= 11 is 0. The maximum Gasteiger partial charge on any atom is 0.387 e. The minimum Gasteiger partial charge on any atom is -0.464 e. The molecule has 0 amide bonds. The van der Waals surface area contributed by atoms with Crippen molar-refractivity contribution in [3.63, 3.8) is 0 Å². The maximum absolute atomic E-state index is 13.1. The van der Waals surface area contributed by atoms with Crippen LogP contribution in [-0.4, -0.2) is 17.3 Å². The minimum absolute atomic E-state index is 0.0756. The third kappa shape index (κ3) is 4.01. The smallest absolute Gasteiger partial charge is 0.387 e. The molecule has 0 N–H and O–H groups in total. The zero-order valence-electron chi connectivity index (χ0n) is 18.7. The first-order valence-electron chi connectivity index (χ1n) is 11.5. The van der Waals surface area contributed by atoms with E-state index in [2.05, 4.69) is 36.4 Å². The molecule has 4 aromatic rings. The first-order valence-corrected chi connectivity index (χ1v) is 11.5. The number of alkyl halides is 2. The number of nitrogens with zero attached hydrogens (tertiary/aromatic N) is 2. The fourth-order valence-corrected chi connectivity index (χ4v) is 4.79. The van der Waals surface area contributed by atoms with E-state index in [0.717, 1.165) is 33.7 Å². The Morgan fingerprint density at radius 1 is 0.743 bits per heavy atom. The van der Waals surface area contributed by atoms with Crippen LogP contribution in [0, 0.1) is 0 Å². The van der Waals surface area contributed by atoms with Crippen LogP contribution in [0.25, 0.3) is 11.1 Å². The number of para-hydroxylation sites is 2. The molecule has 2 atom stereocenters. The lowest BCUT2D eigenvalue weighted by Gasteiger charge is -2.38. The van der Waals surface area contributed by atoms with E-state index in [1.54, 1.807) is 18.2 Å². The molecule has 0 radical (unpaired) electrons. The molecule has 0 spiro atoms. The van der Waals surface area contributed by atoms with Crippen molar-refractivity contribution >= 4 is 5.71 Å². The van der Waals surface area contributed by atoms with Gasteiger partial charge in [0.05, 0.1) is 17.3 Å². The topological polar surface area (TPSA) is 34.1 Å². The first-order chi connectivity index (χ1) is 17.2. The lowest BCUT2D eigenvalue weighted by Crippen LogP contribution is -2.34. The highest BCUT2D eigenvalue weighted by Crippen LogP contribution is 2.48. The Balaban J connectivity index is 1.38. The van der Waals surface area contributed by atoms with Crippen LogP contribution in [0.1, 0.15) is 35.4 Å². The van der Waals surface area contributed by atoms with Gasteiger partial charge in [-0.1, -0.05) is 84.9 Å². The van der Waals surface area contributed by atoms with Crippen molar-refractivity contribution in [1.82, 2.24) is 5.01 Å². The fourth-order valence-electron chi connectivity index (χ4n) is 4.79. The molecule has 0 unspecified atom stereocenters. The number of benzene rings is 4. The highest BCUT2D eigenvalue weighted by atomic mass is 19.3. The van der Waals surface area contributed by atoms with E-state index in [-0.39, 0.29) is 11.8 Å². The van der Waals surface area contributed by atoms with Gasteiger partial charge in [-0.15, -0.1) is 0 Å². The van der Waals surface area contributed by atoms with Gasteiger partial charge in [-0.25, -0.2) is 5.01 Å². The van der Waals surface area contributed by atoms with Crippen LogP contribution in [0.2, 0.25) is 0 Å². The Bertz CT molecular complexity index is 1370. The Morgan fingerprint density at radius 3 is 2.14 bits per heavy atom. The molecule has 2 aliphatic heterocycles. The Labute approximate surface area is 202 Å². The Kier molecular flexibility index (Phi) is 5.41. The van der Waals surface area contributed by atoms with Crippen molar-refractivity contribution in [3.8, 4) is 22.6 Å². The van der Waals surface area contributed by atoms with Crippen LogP contribution in [0.5, 0.6) is 11.5 Å². The Hall–Kier alpha value is -4.19. The standard InChI is InChI=1S/C29H22F2N2O2/c30-29(31)35-27-13-7-5-11-23(27)28-33-25(22-10-4-6-12-26(22)34-28)18-24(32-33)21-16-14-20(15-17-21)19-8-2-1-3-9-19/h1-17,25,28-29H,18H2/t25-,28+/m1/s1. The van der Waals surface area contributed by atoms with E-state index in [1.807, 2.05) is 47.5 Å². The van der Waals surface area contributed by atoms with Crippen LogP contribution in [0.15, 0.2) is 108 Å². The largest absolute Gasteiger partial charge is 0.464 e. The molecule has 0 saturated carbocycles. The molecule has 4 aromatic carbocycles. The van der Waals surface area contributed by atoms with Crippen LogP contribution >= 0.6 is 0 Å². The van der Waals surface area contributed by atoms with Gasteiger partial charge in [0.2, 0.25) is 6.23 Å². The summed E-state index contributed by atoms with van der Waals surface area (Å²) in [6.45, 7) is -2.93. The van der Waals surface area contributed by atoms with Gasteiger partial charge in [-0.3, -0.25) is 0 Å². The zero-order chi connectivity index (χ0) is 23.8. The van der Waals surface area contributed by atoms with Gasteiger partial charge >= 0.3 is 6.61 Å². The number of hydrogen-bond donors (Lipinski definition) is 0. The van der Waals surface area contributed by atoms with Crippen LogP contribution in [0.4, 0.5) is 8.78 Å². The average Bonchev–Trinajstić information content (AvgIpc) is 3.35. The summed E-state index contributed by atoms with van der Waals surface area (Å²) in [4.78, 5) is 0. The molecule has 6 rings (SSSR count). The summed E-state index contributed by atoms with van der Waals surface area (Å²) in [5.41, 5.74) is 5.77. The van der Waals surface area contributed by atoms with Gasteiger partial charge < -0.3 is 9.47 Å². The molecule has 2 heterocycles. The van der Waals surface area contributed by atoms with E-state index in [4.69, 9.17) is 14.6 Å². The predicted molar refractivity (Wildman–Crippen MR) is 130 cm³/mol. The molecule has 0 fully saturated rings. The van der Waals surface area contributed by atoms with Crippen LogP contribution in [0.3, 0.4) is 0 Å². The van der Waals surface area contributed by atoms with Crippen molar-refractivity contribution in [2.75, 3.05) is 0 Å². The minimum atomic E-state index is -2.93. The second kappa shape index (κ2) is 8.87. The quantitative estimate of drug-likeness (QED) is 0.311. The average molecular weight is 469 g/mol. The molecular formula is C29H22F2N2O2. The van der Waals surface area contributed by atoms with Crippen molar-refractivity contribution < 1.29 is 18.3 Å². The summed E-state index contributed by atoms with van der Waals surface area (Å²) < 4.78 is 37.3. The molecule has 4 nitrogen and oxygen atoms in total. The van der Waals surface area contributed by atoms with Gasteiger partial charge in [0.1, 0.15) is 11.5 Å². The normalized spacial score (nSPS) is 18.5. The molecule has 0 aromatic heterocycles. The third-order valence-electron chi connectivity index (χ3n) is 6.43. The second-order valence-corrected chi connectivity index (χ2v) is 8.51. The molecule has 6 heteroatoms. The summed E-state index contributed by atoms with van der Waals surface area (Å²) in [6, 6.07) is 33.0. The van der Waals surface area contributed by atoms with Crippen LogP contribution in [-0.2, 0) is 0 Å². The lowest BCUT2D eigenvalue weighted by atomic mass is 9.95. The van der Waals surface area contributed by atoms with Crippen molar-refractivity contribution in [3.05, 3.63) is 120 Å². The third-order valence-corrected chi connectivity index (χ3v) is 6.43. The lowest BCUT2D eigenvalue weighted by molar-refractivity contribution is -0.0578. The number of hydrazone groups is 1. The van der Waals surface area contributed by atoms with Gasteiger partial charge in [0, 0.05) is 12.0 Å². The molecule has 0 aliphatic carbocycles. The zero-order valence-corrected chi connectivity index (χ0v) is 18.7. The summed E-state index contributed by atoms with van der Waals surface area (Å²) in [7, 11) is 0. The summed E-state index contributed by atoms with van der Waals surface area (Å²) in [5, 5.41) is 6.81. The molecular weight excluding hydrogens is 446 g/mol. The van der Waals surface area contributed by atoms with E-state index in [1.165, 1.54) is 6.07 Å². The monoisotopic (exact) mass is 468 g/mol. The van der Waals surface area contributed by atoms with Crippen molar-refractivity contribution in [2.24, 2.45) is 5.10 Å². The fraction of sp³-hybridized carbons (Fsp3) is 0.138. The first kappa shape index (κ1) is 21.4. The number of hydrogen-bond acceptors (Lipinski definition) is 4. The van der Waals surface area contributed by atoms with E-state index < -0.39 is 12.8 Å².